The standard InChI is InChI=1S/C18H21ClN2O3S2/c1-21(26(2,23)24)17-8-4-6-15(12-17)18(22)20-9-10-25-13-14-5-3-7-16(19)11-14/h3-8,11-12H,9-10,13H2,1-2H3,(H,20,22). The molecule has 2 aromatic rings. The van der Waals surface area contributed by atoms with Gasteiger partial charge >= 0.3 is 0 Å². The zero-order chi connectivity index (χ0) is 19.2. The summed E-state index contributed by atoms with van der Waals surface area (Å²) in [4.78, 5) is 12.2. The lowest BCUT2D eigenvalue weighted by molar-refractivity contribution is 0.0956. The summed E-state index contributed by atoms with van der Waals surface area (Å²) in [5.74, 6) is 1.36. The first-order valence-electron chi connectivity index (χ1n) is 7.92. The highest BCUT2D eigenvalue weighted by molar-refractivity contribution is 7.98. The summed E-state index contributed by atoms with van der Waals surface area (Å²) in [6, 6.07) is 14.2. The fourth-order valence-electron chi connectivity index (χ4n) is 2.19. The maximum Gasteiger partial charge on any atom is 0.251 e. The van der Waals surface area contributed by atoms with Gasteiger partial charge in [0.25, 0.3) is 5.91 Å². The molecule has 5 nitrogen and oxygen atoms in total. The molecule has 0 saturated carbocycles. The predicted molar refractivity (Wildman–Crippen MR) is 110 cm³/mol. The number of carbonyl (C=O) groups is 1. The molecule has 0 heterocycles. The Kier molecular flexibility index (Phi) is 7.37. The molecule has 0 fully saturated rings. The first-order valence-corrected chi connectivity index (χ1v) is 11.3. The minimum Gasteiger partial charge on any atom is -0.351 e. The van der Waals surface area contributed by atoms with Crippen LogP contribution in [0, 0.1) is 0 Å². The van der Waals surface area contributed by atoms with Gasteiger partial charge in [0, 0.05) is 35.7 Å². The number of anilines is 1. The van der Waals surface area contributed by atoms with Gasteiger partial charge in [0.2, 0.25) is 10.0 Å². The van der Waals surface area contributed by atoms with E-state index in [1.807, 2.05) is 24.3 Å². The molecular weight excluding hydrogens is 392 g/mol. The van der Waals surface area contributed by atoms with Crippen LogP contribution in [-0.4, -0.2) is 39.9 Å². The van der Waals surface area contributed by atoms with Gasteiger partial charge in [0.05, 0.1) is 11.9 Å². The third-order valence-corrected chi connectivity index (χ3v) is 6.13. The van der Waals surface area contributed by atoms with E-state index in [0.717, 1.165) is 32.7 Å². The Balaban J connectivity index is 1.83. The van der Waals surface area contributed by atoms with E-state index in [1.54, 1.807) is 36.0 Å². The molecule has 26 heavy (non-hydrogen) atoms. The number of thioether (sulfide) groups is 1. The molecule has 0 spiro atoms. The number of rotatable bonds is 8. The van der Waals surface area contributed by atoms with Crippen LogP contribution in [0.15, 0.2) is 48.5 Å². The Hall–Kier alpha value is -1.70. The van der Waals surface area contributed by atoms with Crippen LogP contribution >= 0.6 is 23.4 Å². The fraction of sp³-hybridized carbons (Fsp3) is 0.278. The Bertz CT molecular complexity index is 872. The molecule has 0 aliphatic carbocycles. The highest BCUT2D eigenvalue weighted by Crippen LogP contribution is 2.18. The van der Waals surface area contributed by atoms with Gasteiger partial charge in [-0.1, -0.05) is 29.8 Å². The number of amides is 1. The summed E-state index contributed by atoms with van der Waals surface area (Å²) in [5, 5.41) is 3.57. The van der Waals surface area contributed by atoms with E-state index in [2.05, 4.69) is 5.32 Å². The number of nitrogens with zero attached hydrogens (tertiary/aromatic N) is 1. The summed E-state index contributed by atoms with van der Waals surface area (Å²) in [5.41, 5.74) is 2.03. The molecular formula is C18H21ClN2O3S2. The van der Waals surface area contributed by atoms with Gasteiger partial charge in [0.15, 0.2) is 0 Å². The van der Waals surface area contributed by atoms with Crippen LogP contribution in [0.2, 0.25) is 5.02 Å². The van der Waals surface area contributed by atoms with Gasteiger partial charge in [-0.05, 0) is 35.9 Å². The SMILES string of the molecule is CN(c1cccc(C(=O)NCCSCc2cccc(Cl)c2)c1)S(C)(=O)=O. The smallest absolute Gasteiger partial charge is 0.251 e. The number of sulfonamides is 1. The van der Waals surface area contributed by atoms with Crippen molar-refractivity contribution in [3.05, 3.63) is 64.7 Å². The molecule has 0 saturated heterocycles. The average Bonchev–Trinajstić information content (AvgIpc) is 2.60. The molecule has 140 valence electrons. The van der Waals surface area contributed by atoms with E-state index >= 15 is 0 Å². The summed E-state index contributed by atoms with van der Waals surface area (Å²) in [6.07, 6.45) is 1.12. The molecule has 1 amide bonds. The van der Waals surface area contributed by atoms with Crippen molar-refractivity contribution < 1.29 is 13.2 Å². The van der Waals surface area contributed by atoms with Crippen LogP contribution < -0.4 is 9.62 Å². The topological polar surface area (TPSA) is 66.5 Å². The number of benzene rings is 2. The van der Waals surface area contributed by atoms with Crippen LogP contribution in [-0.2, 0) is 15.8 Å². The molecule has 0 atom stereocenters. The average molecular weight is 413 g/mol. The Morgan fingerprint density at radius 1 is 1.19 bits per heavy atom. The van der Waals surface area contributed by atoms with Crippen LogP contribution in [0.4, 0.5) is 5.69 Å². The fourth-order valence-corrected chi connectivity index (χ4v) is 3.71. The lowest BCUT2D eigenvalue weighted by Gasteiger charge is -2.17. The zero-order valence-electron chi connectivity index (χ0n) is 14.6. The van der Waals surface area contributed by atoms with Crippen molar-refractivity contribution in [1.82, 2.24) is 5.32 Å². The van der Waals surface area contributed by atoms with E-state index in [4.69, 9.17) is 11.6 Å². The second-order valence-corrected chi connectivity index (χ2v) is 9.27. The summed E-state index contributed by atoms with van der Waals surface area (Å²) >= 11 is 7.65. The van der Waals surface area contributed by atoms with E-state index in [9.17, 15) is 13.2 Å². The molecule has 0 aliphatic rings. The molecule has 1 N–H and O–H groups in total. The van der Waals surface area contributed by atoms with Gasteiger partial charge in [0.1, 0.15) is 0 Å². The number of nitrogens with one attached hydrogen (secondary N) is 1. The second-order valence-electron chi connectivity index (χ2n) is 5.72. The lowest BCUT2D eigenvalue weighted by Crippen LogP contribution is -2.27. The quantitative estimate of drug-likeness (QED) is 0.675. The first-order chi connectivity index (χ1) is 12.3. The van der Waals surface area contributed by atoms with E-state index in [-0.39, 0.29) is 5.91 Å². The monoisotopic (exact) mass is 412 g/mol. The van der Waals surface area contributed by atoms with Gasteiger partial charge in [-0.3, -0.25) is 9.10 Å². The predicted octanol–water partition coefficient (Wildman–Crippen LogP) is 3.40. The number of hydrogen-bond donors (Lipinski definition) is 1. The van der Waals surface area contributed by atoms with Crippen molar-refractivity contribution in [2.24, 2.45) is 0 Å². The number of carbonyl (C=O) groups excluding carboxylic acids is 1. The highest BCUT2D eigenvalue weighted by atomic mass is 35.5. The van der Waals surface area contributed by atoms with E-state index in [1.165, 1.54) is 7.05 Å². The van der Waals surface area contributed by atoms with Crippen LogP contribution in [0.1, 0.15) is 15.9 Å². The third kappa shape index (κ3) is 6.23. The first kappa shape index (κ1) is 20.6. The molecule has 2 rings (SSSR count). The normalized spacial score (nSPS) is 11.2. The number of halogens is 1. The molecule has 0 aliphatic heterocycles. The van der Waals surface area contributed by atoms with Crippen molar-refractivity contribution in [3.63, 3.8) is 0 Å². The molecule has 0 radical (unpaired) electrons. The maximum absolute atomic E-state index is 12.2. The van der Waals surface area contributed by atoms with Crippen molar-refractivity contribution in [3.8, 4) is 0 Å². The van der Waals surface area contributed by atoms with Gasteiger partial charge in [-0.15, -0.1) is 0 Å². The van der Waals surface area contributed by atoms with Crippen LogP contribution in [0.25, 0.3) is 0 Å². The molecule has 2 aromatic carbocycles. The molecule has 0 bridgehead atoms. The lowest BCUT2D eigenvalue weighted by atomic mass is 10.2. The Morgan fingerprint density at radius 3 is 2.62 bits per heavy atom. The maximum atomic E-state index is 12.2. The summed E-state index contributed by atoms with van der Waals surface area (Å²) in [6.45, 7) is 0.524. The van der Waals surface area contributed by atoms with Crippen molar-refractivity contribution in [1.29, 1.82) is 0 Å². The minimum atomic E-state index is -3.36. The van der Waals surface area contributed by atoms with Crippen molar-refractivity contribution in [2.75, 3.05) is 29.9 Å². The van der Waals surface area contributed by atoms with E-state index < -0.39 is 10.0 Å². The van der Waals surface area contributed by atoms with Crippen LogP contribution in [0.5, 0.6) is 0 Å². The van der Waals surface area contributed by atoms with Crippen molar-refractivity contribution >= 4 is 45.0 Å². The highest BCUT2D eigenvalue weighted by Gasteiger charge is 2.14. The van der Waals surface area contributed by atoms with Gasteiger partial charge < -0.3 is 5.32 Å². The van der Waals surface area contributed by atoms with Crippen molar-refractivity contribution in [2.45, 2.75) is 5.75 Å². The minimum absolute atomic E-state index is 0.225. The van der Waals surface area contributed by atoms with E-state index in [0.29, 0.717) is 17.8 Å². The second kappa shape index (κ2) is 9.30. The Labute approximate surface area is 163 Å². The summed E-state index contributed by atoms with van der Waals surface area (Å²) in [7, 11) is -1.91. The zero-order valence-corrected chi connectivity index (χ0v) is 17.0. The third-order valence-electron chi connectivity index (χ3n) is 3.66. The Morgan fingerprint density at radius 2 is 1.92 bits per heavy atom. The molecule has 0 unspecified atom stereocenters. The van der Waals surface area contributed by atoms with Gasteiger partial charge in [-0.2, -0.15) is 11.8 Å². The van der Waals surface area contributed by atoms with Crippen LogP contribution in [0.3, 0.4) is 0 Å². The molecule has 8 heteroatoms. The summed E-state index contributed by atoms with van der Waals surface area (Å²) < 4.78 is 24.4. The largest absolute Gasteiger partial charge is 0.351 e. The molecule has 0 aromatic heterocycles. The van der Waals surface area contributed by atoms with Gasteiger partial charge in [-0.25, -0.2) is 8.42 Å². The number of hydrogen-bond acceptors (Lipinski definition) is 4.